The fourth-order valence-electron chi connectivity index (χ4n) is 2.29. The number of rotatable bonds is 5. The van der Waals surface area contributed by atoms with Gasteiger partial charge < -0.3 is 15.2 Å². The molecule has 1 aliphatic carbocycles. The van der Waals surface area contributed by atoms with Gasteiger partial charge in [0.25, 0.3) is 5.91 Å². The van der Waals surface area contributed by atoms with E-state index in [4.69, 9.17) is 4.74 Å². The molecule has 0 aliphatic heterocycles. The highest BCUT2D eigenvalue weighted by Crippen LogP contribution is 2.51. The van der Waals surface area contributed by atoms with Gasteiger partial charge in [-0.15, -0.1) is 0 Å². The standard InChI is InChI=1S/C15H21NO3/c1-10(2)15(6-7-15)9-16-14(18)12-8-11(19-3)4-5-13(12)17/h4-5,8,10,17H,6-7,9H2,1-3H3,(H,16,18). The van der Waals surface area contributed by atoms with Gasteiger partial charge in [0.2, 0.25) is 0 Å². The lowest BCUT2D eigenvalue weighted by Crippen LogP contribution is -2.32. The molecule has 2 rings (SSSR count). The molecule has 0 unspecified atom stereocenters. The number of aromatic hydroxyl groups is 1. The Morgan fingerprint density at radius 1 is 1.47 bits per heavy atom. The van der Waals surface area contributed by atoms with Crippen LogP contribution < -0.4 is 10.1 Å². The topological polar surface area (TPSA) is 58.6 Å². The monoisotopic (exact) mass is 263 g/mol. The van der Waals surface area contributed by atoms with E-state index in [1.165, 1.54) is 13.2 Å². The quantitative estimate of drug-likeness (QED) is 0.858. The van der Waals surface area contributed by atoms with E-state index in [1.54, 1.807) is 12.1 Å². The number of methoxy groups -OCH3 is 1. The molecule has 0 atom stereocenters. The largest absolute Gasteiger partial charge is 0.507 e. The molecule has 4 nitrogen and oxygen atoms in total. The minimum absolute atomic E-state index is 0.0207. The van der Waals surface area contributed by atoms with Gasteiger partial charge in [-0.25, -0.2) is 0 Å². The lowest BCUT2D eigenvalue weighted by atomic mass is 9.92. The number of phenols is 1. The summed E-state index contributed by atoms with van der Waals surface area (Å²) in [4.78, 5) is 12.1. The molecular weight excluding hydrogens is 242 g/mol. The summed E-state index contributed by atoms with van der Waals surface area (Å²) in [6, 6.07) is 4.66. The average Bonchev–Trinajstić information content (AvgIpc) is 3.18. The fraction of sp³-hybridized carbons (Fsp3) is 0.533. The third-order valence-corrected chi connectivity index (χ3v) is 4.17. The van der Waals surface area contributed by atoms with E-state index in [9.17, 15) is 9.90 Å². The van der Waals surface area contributed by atoms with Crippen LogP contribution in [0.2, 0.25) is 0 Å². The number of carbonyl (C=O) groups is 1. The molecule has 19 heavy (non-hydrogen) atoms. The Morgan fingerprint density at radius 2 is 2.16 bits per heavy atom. The molecule has 1 fully saturated rings. The molecule has 0 aromatic heterocycles. The first-order valence-corrected chi connectivity index (χ1v) is 6.64. The maximum Gasteiger partial charge on any atom is 0.255 e. The summed E-state index contributed by atoms with van der Waals surface area (Å²) in [7, 11) is 1.53. The zero-order valence-corrected chi connectivity index (χ0v) is 11.7. The fourth-order valence-corrected chi connectivity index (χ4v) is 2.29. The third-order valence-electron chi connectivity index (χ3n) is 4.17. The Hall–Kier alpha value is -1.71. The van der Waals surface area contributed by atoms with Crippen molar-refractivity contribution in [2.75, 3.05) is 13.7 Å². The van der Waals surface area contributed by atoms with Crippen molar-refractivity contribution in [2.24, 2.45) is 11.3 Å². The van der Waals surface area contributed by atoms with Crippen LogP contribution in [0.1, 0.15) is 37.0 Å². The molecule has 0 saturated heterocycles. The SMILES string of the molecule is COc1ccc(O)c(C(=O)NCC2(C(C)C)CC2)c1. The van der Waals surface area contributed by atoms with Crippen LogP contribution in [0.15, 0.2) is 18.2 Å². The van der Waals surface area contributed by atoms with Crippen LogP contribution in [0.3, 0.4) is 0 Å². The molecule has 1 aromatic rings. The molecule has 4 heteroatoms. The van der Waals surface area contributed by atoms with Crippen molar-refractivity contribution < 1.29 is 14.6 Å². The van der Waals surface area contributed by atoms with Gasteiger partial charge >= 0.3 is 0 Å². The number of hydrogen-bond donors (Lipinski definition) is 2. The zero-order chi connectivity index (χ0) is 14.0. The second kappa shape index (κ2) is 5.11. The predicted molar refractivity (Wildman–Crippen MR) is 73.5 cm³/mol. The molecule has 2 N–H and O–H groups in total. The van der Waals surface area contributed by atoms with Crippen LogP contribution in [0.25, 0.3) is 0 Å². The summed E-state index contributed by atoms with van der Waals surface area (Å²) in [5.74, 6) is 0.857. The van der Waals surface area contributed by atoms with Crippen molar-refractivity contribution in [2.45, 2.75) is 26.7 Å². The van der Waals surface area contributed by atoms with Crippen molar-refractivity contribution in [1.29, 1.82) is 0 Å². The molecule has 104 valence electrons. The second-order valence-corrected chi connectivity index (χ2v) is 5.58. The first kappa shape index (κ1) is 13.7. The molecule has 1 aromatic carbocycles. The molecule has 0 bridgehead atoms. The number of carbonyl (C=O) groups excluding carboxylic acids is 1. The Labute approximate surface area is 113 Å². The second-order valence-electron chi connectivity index (χ2n) is 5.58. The van der Waals surface area contributed by atoms with Crippen molar-refractivity contribution in [3.8, 4) is 11.5 Å². The first-order valence-electron chi connectivity index (χ1n) is 6.64. The first-order chi connectivity index (χ1) is 8.98. The highest BCUT2D eigenvalue weighted by molar-refractivity contribution is 5.97. The molecule has 1 amide bonds. The van der Waals surface area contributed by atoms with Crippen LogP contribution in [-0.4, -0.2) is 24.7 Å². The summed E-state index contributed by atoms with van der Waals surface area (Å²) >= 11 is 0. The summed E-state index contributed by atoms with van der Waals surface area (Å²) in [5.41, 5.74) is 0.517. The summed E-state index contributed by atoms with van der Waals surface area (Å²) < 4.78 is 5.06. The highest BCUT2D eigenvalue weighted by atomic mass is 16.5. The zero-order valence-electron chi connectivity index (χ0n) is 11.7. The molecule has 1 saturated carbocycles. The van der Waals surface area contributed by atoms with Crippen molar-refractivity contribution >= 4 is 5.91 Å². The molecule has 1 aliphatic rings. The molecule has 0 spiro atoms. The maximum absolute atomic E-state index is 12.1. The third kappa shape index (κ3) is 2.83. The Morgan fingerprint density at radius 3 is 2.68 bits per heavy atom. The number of phenolic OH excluding ortho intramolecular Hbond substituents is 1. The normalized spacial score (nSPS) is 16.2. The van der Waals surface area contributed by atoms with Gasteiger partial charge in [-0.2, -0.15) is 0 Å². The molecule has 0 radical (unpaired) electrons. The Kier molecular flexibility index (Phi) is 3.69. The van der Waals surface area contributed by atoms with Gasteiger partial charge in [0.05, 0.1) is 12.7 Å². The van der Waals surface area contributed by atoms with Crippen molar-refractivity contribution in [3.05, 3.63) is 23.8 Å². The van der Waals surface area contributed by atoms with Crippen molar-refractivity contribution in [1.82, 2.24) is 5.32 Å². The van der Waals surface area contributed by atoms with Crippen molar-refractivity contribution in [3.63, 3.8) is 0 Å². The molecule has 0 heterocycles. The van der Waals surface area contributed by atoms with Gasteiger partial charge in [-0.3, -0.25) is 4.79 Å². The van der Waals surface area contributed by atoms with E-state index in [1.807, 2.05) is 0 Å². The number of hydrogen-bond acceptors (Lipinski definition) is 3. The smallest absolute Gasteiger partial charge is 0.255 e. The minimum Gasteiger partial charge on any atom is -0.507 e. The van der Waals surface area contributed by atoms with E-state index in [-0.39, 0.29) is 22.6 Å². The lowest BCUT2D eigenvalue weighted by Gasteiger charge is -2.20. The van der Waals surface area contributed by atoms with Gasteiger partial charge in [0.1, 0.15) is 11.5 Å². The lowest BCUT2D eigenvalue weighted by molar-refractivity contribution is 0.0936. The molecular formula is C15H21NO3. The number of benzene rings is 1. The van der Waals surface area contributed by atoms with Gasteiger partial charge in [0.15, 0.2) is 0 Å². The van der Waals surface area contributed by atoms with E-state index >= 15 is 0 Å². The van der Waals surface area contributed by atoms with E-state index in [0.29, 0.717) is 18.2 Å². The van der Waals surface area contributed by atoms with Crippen LogP contribution in [0, 0.1) is 11.3 Å². The number of nitrogens with one attached hydrogen (secondary N) is 1. The van der Waals surface area contributed by atoms with Crippen LogP contribution in [-0.2, 0) is 0 Å². The number of amides is 1. The van der Waals surface area contributed by atoms with Crippen LogP contribution in [0.4, 0.5) is 0 Å². The highest BCUT2D eigenvalue weighted by Gasteiger charge is 2.45. The summed E-state index contributed by atoms with van der Waals surface area (Å²) in [5, 5.41) is 12.7. The maximum atomic E-state index is 12.1. The minimum atomic E-state index is -0.247. The predicted octanol–water partition coefficient (Wildman–Crippen LogP) is 2.57. The van der Waals surface area contributed by atoms with Crippen LogP contribution >= 0.6 is 0 Å². The van der Waals surface area contributed by atoms with Gasteiger partial charge in [0, 0.05) is 6.54 Å². The number of ether oxygens (including phenoxy) is 1. The van der Waals surface area contributed by atoms with Gasteiger partial charge in [-0.05, 0) is 42.4 Å². The van der Waals surface area contributed by atoms with Gasteiger partial charge in [-0.1, -0.05) is 13.8 Å². The van der Waals surface area contributed by atoms with E-state index in [0.717, 1.165) is 12.8 Å². The summed E-state index contributed by atoms with van der Waals surface area (Å²) in [6.45, 7) is 5.03. The summed E-state index contributed by atoms with van der Waals surface area (Å²) in [6.07, 6.45) is 2.32. The van der Waals surface area contributed by atoms with E-state index in [2.05, 4.69) is 19.2 Å². The van der Waals surface area contributed by atoms with Crippen LogP contribution in [0.5, 0.6) is 11.5 Å². The Bertz CT molecular complexity index is 478. The Balaban J connectivity index is 2.04. The average molecular weight is 263 g/mol. The van der Waals surface area contributed by atoms with E-state index < -0.39 is 0 Å².